The number of nitrogens with one attached hydrogen (secondary N) is 3. The van der Waals surface area contributed by atoms with Gasteiger partial charge in [-0.05, 0) is 36.4 Å². The molecule has 0 aliphatic carbocycles. The molecule has 0 radical (unpaired) electrons. The third kappa shape index (κ3) is 3.71. The van der Waals surface area contributed by atoms with Crippen LogP contribution in [0.4, 0.5) is 10.5 Å². The van der Waals surface area contributed by atoms with Crippen LogP contribution in [0.5, 0.6) is 0 Å². The van der Waals surface area contributed by atoms with Crippen LogP contribution in [0.15, 0.2) is 60.1 Å². The maximum absolute atomic E-state index is 12.1. The fraction of sp³-hybridized carbons (Fsp3) is 0.0526. The molecule has 3 N–H and O–H groups in total. The van der Waals surface area contributed by atoms with Gasteiger partial charge in [0, 0.05) is 38.8 Å². The molecule has 0 saturated carbocycles. The molecule has 2 heterocycles. The second kappa shape index (κ2) is 7.19. The number of rotatable bonds is 4. The number of amides is 2. The van der Waals surface area contributed by atoms with Crippen LogP contribution in [0.3, 0.4) is 0 Å². The minimum atomic E-state index is -0.263. The Morgan fingerprint density at radius 2 is 2.00 bits per heavy atom. The van der Waals surface area contributed by atoms with Crippen LogP contribution >= 0.6 is 22.9 Å². The fourth-order valence-corrected chi connectivity index (χ4v) is 3.54. The molecule has 0 aliphatic heterocycles. The quantitative estimate of drug-likeness (QED) is 0.450. The zero-order valence-electron chi connectivity index (χ0n) is 13.6. The van der Waals surface area contributed by atoms with E-state index in [-0.39, 0.29) is 6.03 Å². The van der Waals surface area contributed by atoms with Gasteiger partial charge in [0.25, 0.3) is 0 Å². The Kier molecular flexibility index (Phi) is 4.60. The number of halogens is 1. The number of urea groups is 1. The lowest BCUT2D eigenvalue weighted by Gasteiger charge is -2.06. The van der Waals surface area contributed by atoms with Crippen molar-refractivity contribution >= 4 is 45.6 Å². The normalized spacial score (nSPS) is 10.8. The molecule has 130 valence electrons. The molecule has 0 aliphatic rings. The highest BCUT2D eigenvalue weighted by Crippen LogP contribution is 2.25. The average molecular weight is 383 g/mol. The summed E-state index contributed by atoms with van der Waals surface area (Å²) in [6.45, 7) is 0.363. The van der Waals surface area contributed by atoms with E-state index in [1.165, 1.54) is 11.3 Å². The van der Waals surface area contributed by atoms with Crippen molar-refractivity contribution in [3.8, 4) is 10.6 Å². The minimum absolute atomic E-state index is 0.263. The number of carbonyl (C=O) groups excluding carboxylic acids is 1. The number of H-pyrrole nitrogens is 1. The van der Waals surface area contributed by atoms with Gasteiger partial charge in [0.1, 0.15) is 5.01 Å². The maximum Gasteiger partial charge on any atom is 0.319 e. The first-order chi connectivity index (χ1) is 12.7. The molecule has 4 aromatic rings. The van der Waals surface area contributed by atoms with Crippen LogP contribution in [0, 0.1) is 0 Å². The molecule has 2 amide bonds. The second-order valence-electron chi connectivity index (χ2n) is 5.74. The Bertz CT molecular complexity index is 1050. The number of anilines is 1. The average Bonchev–Trinajstić information content (AvgIpc) is 3.29. The SMILES string of the molecule is O=C(NCc1csc(-c2ccc(Cl)cc2)n1)Nc1ccc2[nH]ccc2c1. The van der Waals surface area contributed by atoms with Crippen LogP contribution in [0.2, 0.25) is 5.02 Å². The summed E-state index contributed by atoms with van der Waals surface area (Å²) in [7, 11) is 0. The number of nitrogens with zero attached hydrogens (tertiary/aromatic N) is 1. The highest BCUT2D eigenvalue weighted by molar-refractivity contribution is 7.13. The van der Waals surface area contributed by atoms with Gasteiger partial charge in [-0.25, -0.2) is 9.78 Å². The Hall–Kier alpha value is -2.83. The summed E-state index contributed by atoms with van der Waals surface area (Å²) >= 11 is 7.45. The molecule has 0 atom stereocenters. The van der Waals surface area contributed by atoms with Gasteiger partial charge in [0.05, 0.1) is 12.2 Å². The number of aromatic nitrogens is 2. The minimum Gasteiger partial charge on any atom is -0.361 e. The monoisotopic (exact) mass is 382 g/mol. The summed E-state index contributed by atoms with van der Waals surface area (Å²) in [5.41, 5.74) is 3.61. The number of hydrogen-bond donors (Lipinski definition) is 3. The summed E-state index contributed by atoms with van der Waals surface area (Å²) in [5.74, 6) is 0. The van der Waals surface area contributed by atoms with Gasteiger partial charge >= 0.3 is 6.03 Å². The molecular weight excluding hydrogens is 368 g/mol. The van der Waals surface area contributed by atoms with Crippen LogP contribution in [0.1, 0.15) is 5.69 Å². The number of benzene rings is 2. The van der Waals surface area contributed by atoms with E-state index in [2.05, 4.69) is 20.6 Å². The third-order valence-electron chi connectivity index (χ3n) is 3.88. The molecule has 0 bridgehead atoms. The molecule has 2 aromatic carbocycles. The third-order valence-corrected chi connectivity index (χ3v) is 5.08. The van der Waals surface area contributed by atoms with Crippen molar-refractivity contribution in [3.05, 3.63) is 70.8 Å². The first kappa shape index (κ1) is 16.6. The predicted molar refractivity (Wildman–Crippen MR) is 107 cm³/mol. The van der Waals surface area contributed by atoms with Crippen LogP contribution in [-0.4, -0.2) is 16.0 Å². The van der Waals surface area contributed by atoms with Gasteiger partial charge in [-0.2, -0.15) is 0 Å². The first-order valence-electron chi connectivity index (χ1n) is 8.00. The second-order valence-corrected chi connectivity index (χ2v) is 7.03. The van der Waals surface area contributed by atoms with Crippen LogP contribution in [-0.2, 0) is 6.54 Å². The first-order valence-corrected chi connectivity index (χ1v) is 9.25. The smallest absolute Gasteiger partial charge is 0.319 e. The van der Waals surface area contributed by atoms with Gasteiger partial charge in [-0.15, -0.1) is 11.3 Å². The van der Waals surface area contributed by atoms with Crippen molar-refractivity contribution in [1.82, 2.24) is 15.3 Å². The van der Waals surface area contributed by atoms with Crippen molar-refractivity contribution in [2.75, 3.05) is 5.32 Å². The largest absolute Gasteiger partial charge is 0.361 e. The Labute approximate surface area is 159 Å². The van der Waals surface area contributed by atoms with E-state index in [0.29, 0.717) is 11.6 Å². The highest BCUT2D eigenvalue weighted by Gasteiger charge is 2.07. The number of aromatic amines is 1. The number of fused-ring (bicyclic) bond motifs is 1. The van der Waals surface area contributed by atoms with E-state index in [1.807, 2.05) is 60.1 Å². The molecule has 26 heavy (non-hydrogen) atoms. The van der Waals surface area contributed by atoms with Crippen molar-refractivity contribution in [1.29, 1.82) is 0 Å². The highest BCUT2D eigenvalue weighted by atomic mass is 35.5. The van der Waals surface area contributed by atoms with E-state index >= 15 is 0 Å². The standard InChI is InChI=1S/C19H15ClN4OS/c20-14-3-1-12(2-4-14)18-23-16(11-26-18)10-22-19(25)24-15-5-6-17-13(9-15)7-8-21-17/h1-9,11,21H,10H2,(H2,22,24,25). The van der Waals surface area contributed by atoms with Crippen molar-refractivity contribution < 1.29 is 4.79 Å². The van der Waals surface area contributed by atoms with Crippen LogP contribution < -0.4 is 10.6 Å². The molecule has 7 heteroatoms. The Morgan fingerprint density at radius 3 is 2.85 bits per heavy atom. The van der Waals surface area contributed by atoms with E-state index in [4.69, 9.17) is 11.6 Å². The number of thiazole rings is 1. The van der Waals surface area contributed by atoms with E-state index in [9.17, 15) is 4.79 Å². The number of carbonyl (C=O) groups is 1. The molecule has 0 fully saturated rings. The van der Waals surface area contributed by atoms with E-state index < -0.39 is 0 Å². The maximum atomic E-state index is 12.1. The lowest BCUT2D eigenvalue weighted by atomic mass is 10.2. The van der Waals surface area contributed by atoms with E-state index in [1.54, 1.807) is 0 Å². The molecule has 0 saturated heterocycles. The summed E-state index contributed by atoms with van der Waals surface area (Å²) in [4.78, 5) is 19.8. The fourth-order valence-electron chi connectivity index (χ4n) is 2.59. The Balaban J connectivity index is 1.36. The summed E-state index contributed by atoms with van der Waals surface area (Å²) in [6, 6.07) is 15.0. The van der Waals surface area contributed by atoms with Crippen molar-refractivity contribution in [3.63, 3.8) is 0 Å². The zero-order chi connectivity index (χ0) is 17.9. The van der Waals surface area contributed by atoms with Crippen molar-refractivity contribution in [2.24, 2.45) is 0 Å². The molecule has 2 aromatic heterocycles. The Morgan fingerprint density at radius 1 is 1.15 bits per heavy atom. The molecule has 0 spiro atoms. The molecule has 4 rings (SSSR count). The lowest BCUT2D eigenvalue weighted by Crippen LogP contribution is -2.28. The van der Waals surface area contributed by atoms with Gasteiger partial charge in [0.2, 0.25) is 0 Å². The zero-order valence-corrected chi connectivity index (χ0v) is 15.2. The molecular formula is C19H15ClN4OS. The topological polar surface area (TPSA) is 69.8 Å². The summed E-state index contributed by atoms with van der Waals surface area (Å²) < 4.78 is 0. The van der Waals surface area contributed by atoms with Gasteiger partial charge < -0.3 is 15.6 Å². The van der Waals surface area contributed by atoms with E-state index in [0.717, 1.165) is 32.9 Å². The van der Waals surface area contributed by atoms with Crippen molar-refractivity contribution in [2.45, 2.75) is 6.54 Å². The predicted octanol–water partition coefficient (Wildman–Crippen LogP) is 5.27. The molecule has 0 unspecified atom stereocenters. The summed E-state index contributed by atoms with van der Waals surface area (Å²) in [6.07, 6.45) is 1.87. The summed E-state index contributed by atoms with van der Waals surface area (Å²) in [5, 5.41) is 10.3. The van der Waals surface area contributed by atoms with Gasteiger partial charge in [-0.3, -0.25) is 0 Å². The molecule has 5 nitrogen and oxygen atoms in total. The lowest BCUT2D eigenvalue weighted by molar-refractivity contribution is 0.251. The van der Waals surface area contributed by atoms with Gasteiger partial charge in [0.15, 0.2) is 0 Å². The van der Waals surface area contributed by atoms with Gasteiger partial charge in [-0.1, -0.05) is 23.7 Å². The van der Waals surface area contributed by atoms with Crippen LogP contribution in [0.25, 0.3) is 21.5 Å². The number of hydrogen-bond acceptors (Lipinski definition) is 3.